The van der Waals surface area contributed by atoms with Crippen LogP contribution in [-0.4, -0.2) is 17.8 Å². The van der Waals surface area contributed by atoms with Crippen molar-refractivity contribution >= 4 is 34.4 Å². The van der Waals surface area contributed by atoms with Crippen LogP contribution in [0.2, 0.25) is 5.02 Å². The van der Waals surface area contributed by atoms with Crippen LogP contribution in [0.15, 0.2) is 42.5 Å². The molecule has 0 fully saturated rings. The first-order valence-corrected chi connectivity index (χ1v) is 7.21. The fraction of sp³-hybridized carbons (Fsp3) is 0.125. The molecule has 0 heterocycles. The summed E-state index contributed by atoms with van der Waals surface area (Å²) < 4.78 is 10.7. The van der Waals surface area contributed by atoms with Crippen molar-refractivity contribution in [3.8, 4) is 11.5 Å². The van der Waals surface area contributed by atoms with Crippen LogP contribution in [0.5, 0.6) is 11.5 Å². The van der Waals surface area contributed by atoms with Crippen molar-refractivity contribution in [1.29, 1.82) is 0 Å². The summed E-state index contributed by atoms with van der Waals surface area (Å²) in [7, 11) is 0. The van der Waals surface area contributed by atoms with E-state index in [1.807, 2.05) is 0 Å². The number of carbonyl (C=O) groups is 2. The minimum atomic E-state index is -0.617. The summed E-state index contributed by atoms with van der Waals surface area (Å²) >= 11 is 11.3. The Bertz CT molecular complexity index is 713. The number of hydrogen-bond donors (Lipinski definition) is 0. The summed E-state index contributed by atoms with van der Waals surface area (Å²) in [6.45, 7) is 2.12. The van der Waals surface area contributed by atoms with Gasteiger partial charge in [-0.25, -0.2) is 4.79 Å². The molecule has 0 aliphatic carbocycles. The van der Waals surface area contributed by atoms with Gasteiger partial charge in [0, 0.05) is 10.6 Å². The van der Waals surface area contributed by atoms with Gasteiger partial charge in [0.15, 0.2) is 11.5 Å². The Morgan fingerprint density at radius 3 is 2.45 bits per heavy atom. The second-order valence-electron chi connectivity index (χ2n) is 4.27. The van der Waals surface area contributed by atoms with Gasteiger partial charge in [-0.15, -0.1) is 0 Å². The molecule has 4 nitrogen and oxygen atoms in total. The highest BCUT2D eigenvalue weighted by Crippen LogP contribution is 2.30. The summed E-state index contributed by atoms with van der Waals surface area (Å²) in [5.41, 5.74) is 0.570. The average Bonchev–Trinajstić information content (AvgIpc) is 2.49. The van der Waals surface area contributed by atoms with Crippen molar-refractivity contribution in [2.45, 2.75) is 6.92 Å². The van der Waals surface area contributed by atoms with Gasteiger partial charge in [0.2, 0.25) is 0 Å². The first kappa shape index (κ1) is 16.3. The Kier molecular flexibility index (Phi) is 5.41. The first-order valence-electron chi connectivity index (χ1n) is 6.45. The van der Waals surface area contributed by atoms with Gasteiger partial charge in [-0.05, 0) is 54.9 Å². The molecule has 0 aliphatic heterocycles. The quantitative estimate of drug-likeness (QED) is 0.462. The fourth-order valence-electron chi connectivity index (χ4n) is 1.76. The Hall–Kier alpha value is -2.04. The molecule has 0 N–H and O–H groups in total. The van der Waals surface area contributed by atoms with E-state index in [4.69, 9.17) is 32.7 Å². The molecule has 0 saturated carbocycles. The molecule has 0 aromatic heterocycles. The fourth-order valence-corrected chi connectivity index (χ4v) is 2.07. The zero-order valence-corrected chi connectivity index (χ0v) is 13.1. The van der Waals surface area contributed by atoms with Gasteiger partial charge >= 0.3 is 5.97 Å². The largest absolute Gasteiger partial charge is 0.490 e. The maximum atomic E-state index is 12.1. The van der Waals surface area contributed by atoms with E-state index in [1.54, 1.807) is 25.1 Å². The van der Waals surface area contributed by atoms with E-state index in [9.17, 15) is 9.59 Å². The highest BCUT2D eigenvalue weighted by Gasteiger charge is 2.15. The molecule has 2 aromatic carbocycles. The summed E-state index contributed by atoms with van der Waals surface area (Å²) in [5.74, 6) is -0.105. The van der Waals surface area contributed by atoms with Crippen molar-refractivity contribution in [3.63, 3.8) is 0 Å². The number of carbonyl (C=O) groups excluding carboxylic acids is 2. The van der Waals surface area contributed by atoms with Crippen LogP contribution in [0.1, 0.15) is 27.6 Å². The zero-order valence-electron chi connectivity index (χ0n) is 11.6. The third-order valence-electron chi connectivity index (χ3n) is 2.73. The molecule has 0 aliphatic rings. The van der Waals surface area contributed by atoms with Crippen molar-refractivity contribution in [2.75, 3.05) is 6.61 Å². The molecule has 6 heteroatoms. The smallest absolute Gasteiger partial charge is 0.343 e. The van der Waals surface area contributed by atoms with Crippen LogP contribution in [-0.2, 0) is 0 Å². The molecule has 0 amide bonds. The standard InChI is InChI=1S/C16H12Cl2O4/c1-2-21-14-9-10(15(18)19)6-7-13(14)22-16(20)11-4-3-5-12(17)8-11/h3-9H,2H2,1H3. The topological polar surface area (TPSA) is 52.6 Å². The van der Waals surface area contributed by atoms with Gasteiger partial charge < -0.3 is 9.47 Å². The molecule has 0 radical (unpaired) electrons. The lowest BCUT2D eigenvalue weighted by molar-refractivity contribution is 0.0728. The SMILES string of the molecule is CCOc1cc(C(=O)Cl)ccc1OC(=O)c1cccc(Cl)c1. The zero-order chi connectivity index (χ0) is 16.1. The normalized spacial score (nSPS) is 10.1. The van der Waals surface area contributed by atoms with Crippen LogP contribution in [0.4, 0.5) is 0 Å². The van der Waals surface area contributed by atoms with Gasteiger partial charge in [0.25, 0.3) is 5.24 Å². The molecule has 0 spiro atoms. The molecule has 114 valence electrons. The number of rotatable bonds is 5. The predicted molar refractivity (Wildman–Crippen MR) is 84.2 cm³/mol. The highest BCUT2D eigenvalue weighted by molar-refractivity contribution is 6.67. The number of benzene rings is 2. The minimum absolute atomic E-state index is 0.202. The second-order valence-corrected chi connectivity index (χ2v) is 5.05. The molecule has 0 atom stereocenters. The van der Waals surface area contributed by atoms with Crippen LogP contribution in [0, 0.1) is 0 Å². The molecule has 0 bridgehead atoms. The average molecular weight is 339 g/mol. The van der Waals surface area contributed by atoms with Gasteiger partial charge in [-0.1, -0.05) is 17.7 Å². The lowest BCUT2D eigenvalue weighted by atomic mass is 10.2. The Labute approximate surface area is 137 Å². The summed E-state index contributed by atoms with van der Waals surface area (Å²) in [6.07, 6.45) is 0. The Morgan fingerprint density at radius 2 is 1.82 bits per heavy atom. The molecule has 0 saturated heterocycles. The van der Waals surface area contributed by atoms with E-state index in [0.717, 1.165) is 0 Å². The first-order chi connectivity index (χ1) is 10.5. The lowest BCUT2D eigenvalue weighted by Crippen LogP contribution is -2.10. The maximum Gasteiger partial charge on any atom is 0.343 e. The number of hydrogen-bond acceptors (Lipinski definition) is 4. The summed E-state index contributed by atoms with van der Waals surface area (Å²) in [5, 5.41) is -0.184. The van der Waals surface area contributed by atoms with E-state index < -0.39 is 11.2 Å². The molecule has 2 aromatic rings. The third kappa shape index (κ3) is 4.00. The van der Waals surface area contributed by atoms with E-state index in [1.165, 1.54) is 24.3 Å². The Morgan fingerprint density at radius 1 is 1.05 bits per heavy atom. The van der Waals surface area contributed by atoms with Gasteiger partial charge in [-0.3, -0.25) is 4.79 Å². The molecule has 22 heavy (non-hydrogen) atoms. The second kappa shape index (κ2) is 7.29. The monoisotopic (exact) mass is 338 g/mol. The Balaban J connectivity index is 2.28. The summed E-state index contributed by atoms with van der Waals surface area (Å²) in [6, 6.07) is 10.7. The van der Waals surface area contributed by atoms with Crippen molar-refractivity contribution < 1.29 is 19.1 Å². The highest BCUT2D eigenvalue weighted by atomic mass is 35.5. The van der Waals surface area contributed by atoms with Gasteiger partial charge in [0.1, 0.15) is 0 Å². The third-order valence-corrected chi connectivity index (χ3v) is 3.19. The van der Waals surface area contributed by atoms with Crippen molar-refractivity contribution in [1.82, 2.24) is 0 Å². The molecule has 2 rings (SSSR count). The van der Waals surface area contributed by atoms with Crippen LogP contribution < -0.4 is 9.47 Å². The molecular weight excluding hydrogens is 327 g/mol. The van der Waals surface area contributed by atoms with E-state index in [0.29, 0.717) is 17.2 Å². The van der Waals surface area contributed by atoms with Crippen LogP contribution in [0.25, 0.3) is 0 Å². The number of ether oxygens (including phenoxy) is 2. The van der Waals surface area contributed by atoms with Gasteiger partial charge in [0.05, 0.1) is 12.2 Å². The van der Waals surface area contributed by atoms with E-state index >= 15 is 0 Å². The minimum Gasteiger partial charge on any atom is -0.490 e. The van der Waals surface area contributed by atoms with Crippen LogP contribution in [0.3, 0.4) is 0 Å². The van der Waals surface area contributed by atoms with Crippen molar-refractivity contribution in [3.05, 3.63) is 58.6 Å². The lowest BCUT2D eigenvalue weighted by Gasteiger charge is -2.11. The molecular formula is C16H12Cl2O4. The number of esters is 1. The van der Waals surface area contributed by atoms with Crippen molar-refractivity contribution in [2.24, 2.45) is 0 Å². The maximum absolute atomic E-state index is 12.1. The predicted octanol–water partition coefficient (Wildman–Crippen LogP) is 4.34. The number of halogens is 2. The van der Waals surface area contributed by atoms with E-state index in [-0.39, 0.29) is 17.1 Å². The summed E-state index contributed by atoms with van der Waals surface area (Å²) in [4.78, 5) is 23.3. The van der Waals surface area contributed by atoms with Crippen LogP contribution >= 0.6 is 23.2 Å². The molecule has 0 unspecified atom stereocenters. The van der Waals surface area contributed by atoms with E-state index in [2.05, 4.69) is 0 Å². The van der Waals surface area contributed by atoms with Gasteiger partial charge in [-0.2, -0.15) is 0 Å².